The van der Waals surface area contributed by atoms with Crippen molar-refractivity contribution < 1.29 is 9.90 Å². The number of carbonyl (C=O) groups is 1. The van der Waals surface area contributed by atoms with E-state index in [9.17, 15) is 4.79 Å². The molecular formula is C10H15N3O2. The Morgan fingerprint density at radius 2 is 2.27 bits per heavy atom. The van der Waals surface area contributed by atoms with Crippen molar-refractivity contribution in [3.63, 3.8) is 0 Å². The van der Waals surface area contributed by atoms with Crippen molar-refractivity contribution in [1.82, 2.24) is 14.8 Å². The van der Waals surface area contributed by atoms with Crippen molar-refractivity contribution in [2.75, 3.05) is 0 Å². The monoisotopic (exact) mass is 209 g/mol. The summed E-state index contributed by atoms with van der Waals surface area (Å²) in [6.45, 7) is 1.95. The van der Waals surface area contributed by atoms with E-state index in [2.05, 4.69) is 14.8 Å². The maximum atomic E-state index is 10.4. The molecule has 1 fully saturated rings. The van der Waals surface area contributed by atoms with Gasteiger partial charge < -0.3 is 9.67 Å². The Hall–Kier alpha value is -1.39. The van der Waals surface area contributed by atoms with Gasteiger partial charge in [0.15, 0.2) is 0 Å². The number of aromatic nitrogens is 3. The number of hydrogen-bond acceptors (Lipinski definition) is 3. The third-order valence-electron chi connectivity index (χ3n) is 2.64. The molecule has 0 spiro atoms. The van der Waals surface area contributed by atoms with Crippen LogP contribution in [0.5, 0.6) is 0 Å². The van der Waals surface area contributed by atoms with Gasteiger partial charge in [0.1, 0.15) is 11.6 Å². The predicted molar refractivity (Wildman–Crippen MR) is 53.6 cm³/mol. The molecule has 0 aromatic carbocycles. The highest BCUT2D eigenvalue weighted by atomic mass is 16.4. The quantitative estimate of drug-likeness (QED) is 0.794. The van der Waals surface area contributed by atoms with Crippen LogP contribution in [0.1, 0.15) is 43.4 Å². The Bertz CT molecular complexity index is 369. The molecule has 5 nitrogen and oxygen atoms in total. The highest BCUT2D eigenvalue weighted by Gasteiger charge is 2.27. The Labute approximate surface area is 88.1 Å². The fourth-order valence-electron chi connectivity index (χ4n) is 1.79. The lowest BCUT2D eigenvalue weighted by Gasteiger charge is -2.05. The zero-order chi connectivity index (χ0) is 10.8. The van der Waals surface area contributed by atoms with Crippen molar-refractivity contribution in [3.8, 4) is 0 Å². The van der Waals surface area contributed by atoms with Gasteiger partial charge in [-0.3, -0.25) is 4.79 Å². The van der Waals surface area contributed by atoms with Crippen LogP contribution in [0.15, 0.2) is 0 Å². The fourth-order valence-corrected chi connectivity index (χ4v) is 1.79. The highest BCUT2D eigenvalue weighted by molar-refractivity contribution is 5.66. The summed E-state index contributed by atoms with van der Waals surface area (Å²) in [7, 11) is 0. The fraction of sp³-hybridized carbons (Fsp3) is 0.700. The molecule has 0 unspecified atom stereocenters. The van der Waals surface area contributed by atoms with Crippen LogP contribution in [-0.4, -0.2) is 25.8 Å². The Morgan fingerprint density at radius 3 is 2.87 bits per heavy atom. The number of nitrogens with zero attached hydrogens (tertiary/aromatic N) is 3. The molecule has 1 aromatic heterocycles. The summed E-state index contributed by atoms with van der Waals surface area (Å²) in [6.07, 6.45) is 3.95. The molecule has 2 rings (SSSR count). The van der Waals surface area contributed by atoms with Crippen LogP contribution in [-0.2, 0) is 11.2 Å². The number of aliphatic carboxylic acids is 1. The van der Waals surface area contributed by atoms with E-state index in [4.69, 9.17) is 5.11 Å². The van der Waals surface area contributed by atoms with Gasteiger partial charge >= 0.3 is 5.97 Å². The Kier molecular flexibility index (Phi) is 2.70. The van der Waals surface area contributed by atoms with Gasteiger partial charge in [0.25, 0.3) is 0 Å². The maximum Gasteiger partial charge on any atom is 0.303 e. The average Bonchev–Trinajstić information content (AvgIpc) is 2.92. The SMILES string of the molecule is Cc1nnc(CCCC(=O)O)n1C1CC1. The van der Waals surface area contributed by atoms with Crippen LogP contribution < -0.4 is 0 Å². The van der Waals surface area contributed by atoms with Crippen LogP contribution >= 0.6 is 0 Å². The number of aryl methyl sites for hydroxylation is 2. The van der Waals surface area contributed by atoms with Crippen molar-refractivity contribution in [2.24, 2.45) is 0 Å². The maximum absolute atomic E-state index is 10.4. The van der Waals surface area contributed by atoms with Gasteiger partial charge in [0, 0.05) is 18.9 Å². The first kappa shape index (κ1) is 10.1. The molecule has 1 saturated carbocycles. The van der Waals surface area contributed by atoms with E-state index in [1.165, 1.54) is 12.8 Å². The Balaban J connectivity index is 1.98. The zero-order valence-electron chi connectivity index (χ0n) is 8.81. The van der Waals surface area contributed by atoms with Gasteiger partial charge in [0.2, 0.25) is 0 Å². The first-order chi connectivity index (χ1) is 7.18. The van der Waals surface area contributed by atoms with Crippen LogP contribution in [0.4, 0.5) is 0 Å². The summed E-state index contributed by atoms with van der Waals surface area (Å²) < 4.78 is 2.15. The topological polar surface area (TPSA) is 68.0 Å². The van der Waals surface area contributed by atoms with E-state index in [-0.39, 0.29) is 6.42 Å². The second-order valence-electron chi connectivity index (χ2n) is 4.01. The molecule has 1 heterocycles. The standard InChI is InChI=1S/C10H15N3O2/c1-7-11-12-9(3-2-4-10(14)15)13(7)8-5-6-8/h8H,2-6H2,1H3,(H,14,15). The molecule has 0 atom stereocenters. The molecule has 0 saturated heterocycles. The van der Waals surface area contributed by atoms with Crippen molar-refractivity contribution >= 4 is 5.97 Å². The molecule has 5 heteroatoms. The predicted octanol–water partition coefficient (Wildman–Crippen LogP) is 1.33. The summed E-state index contributed by atoms with van der Waals surface area (Å²) in [5, 5.41) is 16.7. The minimum atomic E-state index is -0.746. The summed E-state index contributed by atoms with van der Waals surface area (Å²) in [4.78, 5) is 10.4. The van der Waals surface area contributed by atoms with Gasteiger partial charge in [-0.2, -0.15) is 0 Å². The third-order valence-corrected chi connectivity index (χ3v) is 2.64. The number of carboxylic acid groups (broad SMARTS) is 1. The van der Waals surface area contributed by atoms with E-state index < -0.39 is 5.97 Å². The molecule has 0 bridgehead atoms. The lowest BCUT2D eigenvalue weighted by atomic mass is 10.2. The second kappa shape index (κ2) is 4.00. The van der Waals surface area contributed by atoms with E-state index in [1.54, 1.807) is 0 Å². The van der Waals surface area contributed by atoms with Crippen molar-refractivity contribution in [3.05, 3.63) is 11.6 Å². The minimum absolute atomic E-state index is 0.205. The van der Waals surface area contributed by atoms with E-state index in [1.807, 2.05) is 6.92 Å². The van der Waals surface area contributed by atoms with Gasteiger partial charge in [-0.05, 0) is 26.2 Å². The lowest BCUT2D eigenvalue weighted by molar-refractivity contribution is -0.137. The molecule has 0 radical (unpaired) electrons. The zero-order valence-corrected chi connectivity index (χ0v) is 8.81. The normalized spacial score (nSPS) is 15.5. The summed E-state index contributed by atoms with van der Waals surface area (Å²) in [5.41, 5.74) is 0. The van der Waals surface area contributed by atoms with Gasteiger partial charge in [-0.15, -0.1) is 10.2 Å². The minimum Gasteiger partial charge on any atom is -0.481 e. The second-order valence-corrected chi connectivity index (χ2v) is 4.01. The molecule has 82 valence electrons. The number of rotatable bonds is 5. The Morgan fingerprint density at radius 1 is 1.53 bits per heavy atom. The summed E-state index contributed by atoms with van der Waals surface area (Å²) >= 11 is 0. The van der Waals surface area contributed by atoms with Gasteiger partial charge in [-0.1, -0.05) is 0 Å². The molecular weight excluding hydrogens is 194 g/mol. The van der Waals surface area contributed by atoms with Crippen molar-refractivity contribution in [1.29, 1.82) is 0 Å². The smallest absolute Gasteiger partial charge is 0.303 e. The molecule has 1 aliphatic carbocycles. The largest absolute Gasteiger partial charge is 0.481 e. The summed E-state index contributed by atoms with van der Waals surface area (Å²) in [5.74, 6) is 1.14. The van der Waals surface area contributed by atoms with E-state index >= 15 is 0 Å². The van der Waals surface area contributed by atoms with E-state index in [0.29, 0.717) is 18.9 Å². The van der Waals surface area contributed by atoms with Gasteiger partial charge in [0.05, 0.1) is 0 Å². The van der Waals surface area contributed by atoms with Crippen LogP contribution in [0.2, 0.25) is 0 Å². The molecule has 1 aliphatic rings. The molecule has 1 aromatic rings. The highest BCUT2D eigenvalue weighted by Crippen LogP contribution is 2.36. The first-order valence-corrected chi connectivity index (χ1v) is 5.30. The lowest BCUT2D eigenvalue weighted by Crippen LogP contribution is -2.05. The molecule has 0 amide bonds. The number of hydrogen-bond donors (Lipinski definition) is 1. The van der Waals surface area contributed by atoms with Crippen LogP contribution in [0.3, 0.4) is 0 Å². The van der Waals surface area contributed by atoms with E-state index in [0.717, 1.165) is 11.6 Å². The molecule has 15 heavy (non-hydrogen) atoms. The van der Waals surface area contributed by atoms with Gasteiger partial charge in [-0.25, -0.2) is 0 Å². The molecule has 1 N–H and O–H groups in total. The first-order valence-electron chi connectivity index (χ1n) is 5.30. The molecule has 0 aliphatic heterocycles. The van der Waals surface area contributed by atoms with Crippen LogP contribution in [0, 0.1) is 6.92 Å². The van der Waals surface area contributed by atoms with Crippen LogP contribution in [0.25, 0.3) is 0 Å². The summed E-state index contributed by atoms with van der Waals surface area (Å²) in [6, 6.07) is 0.569. The number of carboxylic acids is 1. The average molecular weight is 209 g/mol. The van der Waals surface area contributed by atoms with Crippen molar-refractivity contribution in [2.45, 2.75) is 45.1 Å². The third kappa shape index (κ3) is 2.34.